The van der Waals surface area contributed by atoms with Gasteiger partial charge in [-0.15, -0.1) is 0 Å². The fraction of sp³-hybridized carbons (Fsp3) is 0.727. The number of primary amides is 1. The van der Waals surface area contributed by atoms with Gasteiger partial charge in [0.15, 0.2) is 0 Å². The van der Waals surface area contributed by atoms with Crippen molar-refractivity contribution in [2.75, 3.05) is 26.2 Å². The first kappa shape index (κ1) is 13.5. The lowest BCUT2D eigenvalue weighted by Gasteiger charge is -2.34. The highest BCUT2D eigenvalue weighted by Gasteiger charge is 2.25. The van der Waals surface area contributed by atoms with E-state index in [4.69, 9.17) is 5.73 Å². The van der Waals surface area contributed by atoms with Gasteiger partial charge in [-0.25, -0.2) is 0 Å². The molecule has 0 unspecified atom stereocenters. The maximum Gasteiger partial charge on any atom is 0.311 e. The van der Waals surface area contributed by atoms with Crippen molar-refractivity contribution in [1.82, 2.24) is 9.80 Å². The van der Waals surface area contributed by atoms with Crippen LogP contribution < -0.4 is 5.73 Å². The molecule has 0 aromatic rings. The van der Waals surface area contributed by atoms with Gasteiger partial charge in [0.2, 0.25) is 5.91 Å². The van der Waals surface area contributed by atoms with E-state index in [1.807, 2.05) is 6.92 Å². The minimum Gasteiger partial charge on any atom is -0.361 e. The SMILES string of the molecule is CCCCC(=O)N1CCN(C(=O)C(N)=O)CC1. The first-order valence-corrected chi connectivity index (χ1v) is 5.92. The second-order valence-corrected chi connectivity index (χ2v) is 4.14. The summed E-state index contributed by atoms with van der Waals surface area (Å²) >= 11 is 0. The second-order valence-electron chi connectivity index (χ2n) is 4.14. The monoisotopic (exact) mass is 241 g/mol. The molecule has 6 heteroatoms. The highest BCUT2D eigenvalue weighted by atomic mass is 16.2. The molecule has 1 aliphatic heterocycles. The zero-order valence-corrected chi connectivity index (χ0v) is 10.1. The smallest absolute Gasteiger partial charge is 0.311 e. The standard InChI is InChI=1S/C11H19N3O3/c1-2-3-4-9(15)13-5-7-14(8-6-13)11(17)10(12)16/h2-8H2,1H3,(H2,12,16). The van der Waals surface area contributed by atoms with Gasteiger partial charge in [-0.2, -0.15) is 0 Å². The Balaban J connectivity index is 2.37. The number of carbonyl (C=O) groups is 3. The molecule has 0 aliphatic carbocycles. The summed E-state index contributed by atoms with van der Waals surface area (Å²) < 4.78 is 0. The van der Waals surface area contributed by atoms with Gasteiger partial charge in [0, 0.05) is 32.6 Å². The number of rotatable bonds is 3. The van der Waals surface area contributed by atoms with Crippen molar-refractivity contribution >= 4 is 17.7 Å². The van der Waals surface area contributed by atoms with Crippen LogP contribution in [0, 0.1) is 0 Å². The van der Waals surface area contributed by atoms with E-state index < -0.39 is 11.8 Å². The Hall–Kier alpha value is -1.59. The number of carbonyl (C=O) groups excluding carboxylic acids is 3. The molecule has 6 nitrogen and oxygen atoms in total. The number of hydrogen-bond donors (Lipinski definition) is 1. The van der Waals surface area contributed by atoms with Gasteiger partial charge >= 0.3 is 11.8 Å². The van der Waals surface area contributed by atoms with Crippen LogP contribution >= 0.6 is 0 Å². The molecule has 0 spiro atoms. The molecule has 1 heterocycles. The van der Waals surface area contributed by atoms with Crippen LogP contribution in [-0.4, -0.2) is 53.7 Å². The van der Waals surface area contributed by atoms with Gasteiger partial charge < -0.3 is 15.5 Å². The third-order valence-electron chi connectivity index (χ3n) is 2.87. The zero-order valence-electron chi connectivity index (χ0n) is 10.1. The Morgan fingerprint density at radius 1 is 1.06 bits per heavy atom. The van der Waals surface area contributed by atoms with Crippen molar-refractivity contribution in [3.63, 3.8) is 0 Å². The molecule has 96 valence electrons. The van der Waals surface area contributed by atoms with E-state index in [1.54, 1.807) is 4.90 Å². The molecule has 17 heavy (non-hydrogen) atoms. The van der Waals surface area contributed by atoms with Crippen LogP contribution in [0.15, 0.2) is 0 Å². The lowest BCUT2D eigenvalue weighted by Crippen LogP contribution is -2.53. The normalized spacial score (nSPS) is 15.8. The minimum atomic E-state index is -0.934. The van der Waals surface area contributed by atoms with Crippen molar-refractivity contribution in [2.45, 2.75) is 26.2 Å². The third kappa shape index (κ3) is 3.72. The average molecular weight is 241 g/mol. The number of piperazine rings is 1. The van der Waals surface area contributed by atoms with Gasteiger partial charge in [-0.05, 0) is 6.42 Å². The fourth-order valence-electron chi connectivity index (χ4n) is 1.80. The second kappa shape index (κ2) is 6.22. The summed E-state index contributed by atoms with van der Waals surface area (Å²) in [6.07, 6.45) is 2.44. The van der Waals surface area contributed by atoms with Gasteiger partial charge in [0.25, 0.3) is 0 Å². The molecule has 2 N–H and O–H groups in total. The van der Waals surface area contributed by atoms with Crippen molar-refractivity contribution in [2.24, 2.45) is 5.73 Å². The molecule has 0 aromatic carbocycles. The third-order valence-corrected chi connectivity index (χ3v) is 2.87. The molecule has 1 rings (SSSR count). The Labute approximate surface area is 101 Å². The Bertz CT molecular complexity index is 309. The van der Waals surface area contributed by atoms with E-state index in [9.17, 15) is 14.4 Å². The van der Waals surface area contributed by atoms with E-state index in [1.165, 1.54) is 4.90 Å². The van der Waals surface area contributed by atoms with E-state index >= 15 is 0 Å². The summed E-state index contributed by atoms with van der Waals surface area (Å²) in [7, 11) is 0. The van der Waals surface area contributed by atoms with Crippen molar-refractivity contribution < 1.29 is 14.4 Å². The summed E-state index contributed by atoms with van der Waals surface area (Å²) in [5.74, 6) is -1.47. The topological polar surface area (TPSA) is 83.7 Å². The first-order chi connectivity index (χ1) is 8.06. The zero-order chi connectivity index (χ0) is 12.8. The van der Waals surface area contributed by atoms with Gasteiger partial charge in [-0.3, -0.25) is 14.4 Å². The van der Waals surface area contributed by atoms with Crippen LogP contribution in [0.25, 0.3) is 0 Å². The van der Waals surface area contributed by atoms with Crippen LogP contribution in [0.2, 0.25) is 0 Å². The van der Waals surface area contributed by atoms with E-state index in [0.29, 0.717) is 32.6 Å². The highest BCUT2D eigenvalue weighted by molar-refractivity contribution is 6.34. The molecule has 0 saturated carbocycles. The molecule has 0 aromatic heterocycles. The quantitative estimate of drug-likeness (QED) is 0.665. The number of hydrogen-bond acceptors (Lipinski definition) is 3. The maximum absolute atomic E-state index is 11.7. The molecule has 3 amide bonds. The number of nitrogens with zero attached hydrogens (tertiary/aromatic N) is 2. The Morgan fingerprint density at radius 3 is 2.06 bits per heavy atom. The Morgan fingerprint density at radius 2 is 1.59 bits per heavy atom. The fourth-order valence-corrected chi connectivity index (χ4v) is 1.80. The number of unbranched alkanes of at least 4 members (excludes halogenated alkanes) is 1. The molecule has 1 fully saturated rings. The summed E-state index contributed by atoms with van der Waals surface area (Å²) in [4.78, 5) is 36.8. The highest BCUT2D eigenvalue weighted by Crippen LogP contribution is 2.06. The van der Waals surface area contributed by atoms with Crippen molar-refractivity contribution in [1.29, 1.82) is 0 Å². The van der Waals surface area contributed by atoms with Crippen LogP contribution in [0.3, 0.4) is 0 Å². The van der Waals surface area contributed by atoms with Crippen LogP contribution in [-0.2, 0) is 14.4 Å². The molecule has 1 aliphatic rings. The molecule has 0 bridgehead atoms. The number of nitrogens with two attached hydrogens (primary N) is 1. The Kier molecular flexibility index (Phi) is 4.93. The van der Waals surface area contributed by atoms with Gasteiger partial charge in [0.05, 0.1) is 0 Å². The summed E-state index contributed by atoms with van der Waals surface area (Å²) in [6, 6.07) is 0. The molecular weight excluding hydrogens is 222 g/mol. The van der Waals surface area contributed by atoms with Crippen LogP contribution in [0.5, 0.6) is 0 Å². The molecular formula is C11H19N3O3. The maximum atomic E-state index is 11.7. The predicted octanol–water partition coefficient (Wildman–Crippen LogP) is -0.667. The van der Waals surface area contributed by atoms with E-state index in [2.05, 4.69) is 0 Å². The van der Waals surface area contributed by atoms with Crippen LogP contribution in [0.4, 0.5) is 0 Å². The van der Waals surface area contributed by atoms with Crippen LogP contribution in [0.1, 0.15) is 26.2 Å². The van der Waals surface area contributed by atoms with E-state index in [0.717, 1.165) is 12.8 Å². The lowest BCUT2D eigenvalue weighted by atomic mass is 10.2. The summed E-state index contributed by atoms with van der Waals surface area (Å²) in [6.45, 7) is 3.79. The van der Waals surface area contributed by atoms with Crippen molar-refractivity contribution in [3.8, 4) is 0 Å². The summed E-state index contributed by atoms with van der Waals surface area (Å²) in [5, 5.41) is 0. The summed E-state index contributed by atoms with van der Waals surface area (Å²) in [5.41, 5.74) is 4.92. The first-order valence-electron chi connectivity index (χ1n) is 5.92. The number of amides is 3. The van der Waals surface area contributed by atoms with Crippen molar-refractivity contribution in [3.05, 3.63) is 0 Å². The minimum absolute atomic E-state index is 0.123. The average Bonchev–Trinajstić information content (AvgIpc) is 2.35. The largest absolute Gasteiger partial charge is 0.361 e. The molecule has 0 atom stereocenters. The molecule has 1 saturated heterocycles. The molecule has 0 radical (unpaired) electrons. The van der Waals surface area contributed by atoms with Gasteiger partial charge in [-0.1, -0.05) is 13.3 Å². The van der Waals surface area contributed by atoms with E-state index in [-0.39, 0.29) is 5.91 Å². The van der Waals surface area contributed by atoms with Gasteiger partial charge in [0.1, 0.15) is 0 Å². The predicted molar refractivity (Wildman–Crippen MR) is 61.9 cm³/mol. The lowest BCUT2D eigenvalue weighted by molar-refractivity contribution is -0.147.